The van der Waals surface area contributed by atoms with Crippen LogP contribution in [0.1, 0.15) is 38.3 Å². The number of thioether (sulfide) groups is 1. The second-order valence-electron chi connectivity index (χ2n) is 4.60. The first kappa shape index (κ1) is 12.9. The van der Waals surface area contributed by atoms with Crippen molar-refractivity contribution in [2.75, 3.05) is 6.61 Å². The van der Waals surface area contributed by atoms with Crippen molar-refractivity contribution in [1.82, 2.24) is 0 Å². The number of benzene rings is 1. The molecule has 0 aliphatic carbocycles. The summed E-state index contributed by atoms with van der Waals surface area (Å²) < 4.78 is 5.58. The Balaban J connectivity index is 1.98. The van der Waals surface area contributed by atoms with Crippen molar-refractivity contribution in [3.05, 3.63) is 29.8 Å². The predicted molar refractivity (Wildman–Crippen MR) is 73.3 cm³/mol. The highest BCUT2D eigenvalue weighted by Gasteiger charge is 2.24. The maximum atomic E-state index is 6.00. The molecule has 0 spiro atoms. The zero-order chi connectivity index (χ0) is 12.3. The van der Waals surface area contributed by atoms with Crippen LogP contribution >= 0.6 is 11.8 Å². The van der Waals surface area contributed by atoms with Crippen molar-refractivity contribution in [3.8, 4) is 0 Å². The van der Waals surface area contributed by atoms with Crippen LogP contribution < -0.4 is 5.73 Å². The summed E-state index contributed by atoms with van der Waals surface area (Å²) in [5.41, 5.74) is 7.23. The van der Waals surface area contributed by atoms with Crippen LogP contribution in [0.15, 0.2) is 29.2 Å². The van der Waals surface area contributed by atoms with E-state index in [2.05, 4.69) is 38.1 Å². The summed E-state index contributed by atoms with van der Waals surface area (Å²) >= 11 is 1.92. The average Bonchev–Trinajstić information content (AvgIpc) is 2.75. The van der Waals surface area contributed by atoms with Crippen molar-refractivity contribution < 1.29 is 4.74 Å². The lowest BCUT2D eigenvalue weighted by Gasteiger charge is -2.14. The molecule has 0 saturated carbocycles. The van der Waals surface area contributed by atoms with Gasteiger partial charge >= 0.3 is 0 Å². The van der Waals surface area contributed by atoms with Gasteiger partial charge in [0.2, 0.25) is 0 Å². The summed E-state index contributed by atoms with van der Waals surface area (Å²) in [5, 5.41) is 0.598. The summed E-state index contributed by atoms with van der Waals surface area (Å²) in [5.74, 6) is 0. The summed E-state index contributed by atoms with van der Waals surface area (Å²) in [6, 6.07) is 8.83. The third-order valence-electron chi connectivity index (χ3n) is 3.34. The van der Waals surface area contributed by atoms with Gasteiger partial charge < -0.3 is 10.5 Å². The molecule has 1 aliphatic rings. The van der Waals surface area contributed by atoms with E-state index in [1.807, 2.05) is 11.8 Å². The monoisotopic (exact) mass is 251 g/mol. The standard InChI is InChI=1S/C14H21NOS/c1-3-13(15)11-4-6-12(7-5-11)17-14-8-9-16-10(14)2/h4-7,10,13-14H,3,8-9,15H2,1-2H3/t10?,13-,14?/m0/s1. The van der Waals surface area contributed by atoms with Crippen LogP contribution in [0.2, 0.25) is 0 Å². The molecule has 1 aromatic carbocycles. The molecular formula is C14H21NOS. The summed E-state index contributed by atoms with van der Waals surface area (Å²) in [6.45, 7) is 5.18. The van der Waals surface area contributed by atoms with E-state index in [9.17, 15) is 0 Å². The lowest BCUT2D eigenvalue weighted by atomic mass is 10.1. The van der Waals surface area contributed by atoms with E-state index in [1.54, 1.807) is 0 Å². The molecule has 2 unspecified atom stereocenters. The Morgan fingerprint density at radius 2 is 2.12 bits per heavy atom. The maximum absolute atomic E-state index is 6.00. The molecule has 0 amide bonds. The van der Waals surface area contributed by atoms with Crippen LogP contribution in [0, 0.1) is 0 Å². The van der Waals surface area contributed by atoms with E-state index in [0.717, 1.165) is 19.4 Å². The molecule has 2 nitrogen and oxygen atoms in total. The van der Waals surface area contributed by atoms with Crippen molar-refractivity contribution in [2.45, 2.75) is 49.0 Å². The highest BCUT2D eigenvalue weighted by atomic mass is 32.2. The van der Waals surface area contributed by atoms with Crippen molar-refractivity contribution in [1.29, 1.82) is 0 Å². The van der Waals surface area contributed by atoms with Crippen LogP contribution in [0.25, 0.3) is 0 Å². The van der Waals surface area contributed by atoms with Gasteiger partial charge in [0.25, 0.3) is 0 Å². The Labute approximate surface area is 108 Å². The van der Waals surface area contributed by atoms with Crippen LogP contribution in [0.5, 0.6) is 0 Å². The van der Waals surface area contributed by atoms with Crippen LogP contribution in [-0.4, -0.2) is 18.0 Å². The van der Waals surface area contributed by atoms with Gasteiger partial charge in [0.15, 0.2) is 0 Å². The summed E-state index contributed by atoms with van der Waals surface area (Å²) in [4.78, 5) is 1.32. The normalized spacial score (nSPS) is 26.1. The number of hydrogen-bond acceptors (Lipinski definition) is 3. The zero-order valence-corrected chi connectivity index (χ0v) is 11.4. The van der Waals surface area contributed by atoms with Gasteiger partial charge in [-0.15, -0.1) is 11.8 Å². The Hall–Kier alpha value is -0.510. The average molecular weight is 251 g/mol. The Bertz CT molecular complexity index is 352. The molecular weight excluding hydrogens is 230 g/mol. The SMILES string of the molecule is CC[C@H](N)c1ccc(SC2CCOC2C)cc1. The first-order valence-corrected chi connectivity index (χ1v) is 7.22. The number of nitrogens with two attached hydrogens (primary N) is 1. The van der Waals surface area contributed by atoms with E-state index >= 15 is 0 Å². The van der Waals surface area contributed by atoms with Gasteiger partial charge in [-0.25, -0.2) is 0 Å². The number of rotatable bonds is 4. The lowest BCUT2D eigenvalue weighted by molar-refractivity contribution is 0.127. The number of ether oxygens (including phenoxy) is 1. The largest absolute Gasteiger partial charge is 0.377 e. The van der Waals surface area contributed by atoms with Crippen molar-refractivity contribution >= 4 is 11.8 Å². The van der Waals surface area contributed by atoms with E-state index in [1.165, 1.54) is 10.5 Å². The minimum Gasteiger partial charge on any atom is -0.377 e. The third-order valence-corrected chi connectivity index (χ3v) is 4.81. The van der Waals surface area contributed by atoms with Crippen LogP contribution in [0.4, 0.5) is 0 Å². The molecule has 0 radical (unpaired) electrons. The van der Waals surface area contributed by atoms with Gasteiger partial charge in [-0.2, -0.15) is 0 Å². The molecule has 17 heavy (non-hydrogen) atoms. The summed E-state index contributed by atoms with van der Waals surface area (Å²) in [7, 11) is 0. The van der Waals surface area contributed by atoms with Gasteiger partial charge in [0.05, 0.1) is 6.10 Å². The highest BCUT2D eigenvalue weighted by Crippen LogP contribution is 2.32. The minimum absolute atomic E-state index is 0.169. The van der Waals surface area contributed by atoms with Crippen molar-refractivity contribution in [2.24, 2.45) is 5.73 Å². The molecule has 2 N–H and O–H groups in total. The van der Waals surface area contributed by atoms with Crippen LogP contribution in [0.3, 0.4) is 0 Å². The highest BCUT2D eigenvalue weighted by molar-refractivity contribution is 8.00. The van der Waals surface area contributed by atoms with E-state index in [0.29, 0.717) is 11.4 Å². The molecule has 3 heteroatoms. The van der Waals surface area contributed by atoms with Crippen molar-refractivity contribution in [3.63, 3.8) is 0 Å². The van der Waals surface area contributed by atoms with Gasteiger partial charge in [-0.05, 0) is 37.5 Å². The van der Waals surface area contributed by atoms with Gasteiger partial charge in [-0.3, -0.25) is 0 Å². The molecule has 1 fully saturated rings. The second-order valence-corrected chi connectivity index (χ2v) is 5.92. The first-order chi connectivity index (χ1) is 8.20. The molecule has 94 valence electrons. The third kappa shape index (κ3) is 3.24. The lowest BCUT2D eigenvalue weighted by Crippen LogP contribution is -2.13. The van der Waals surface area contributed by atoms with Gasteiger partial charge in [0, 0.05) is 22.8 Å². The predicted octanol–water partition coefficient (Wildman–Crippen LogP) is 3.37. The molecule has 2 rings (SSSR count). The topological polar surface area (TPSA) is 35.2 Å². The van der Waals surface area contributed by atoms with E-state index in [4.69, 9.17) is 10.5 Å². The molecule has 1 aliphatic heterocycles. The van der Waals surface area contributed by atoms with E-state index in [-0.39, 0.29) is 6.04 Å². The molecule has 1 saturated heterocycles. The molecule has 0 aromatic heterocycles. The fourth-order valence-electron chi connectivity index (χ4n) is 2.07. The maximum Gasteiger partial charge on any atom is 0.0669 e. The smallest absolute Gasteiger partial charge is 0.0669 e. The summed E-state index contributed by atoms with van der Waals surface area (Å²) in [6.07, 6.45) is 2.51. The molecule has 3 atom stereocenters. The first-order valence-electron chi connectivity index (χ1n) is 6.34. The fraction of sp³-hybridized carbons (Fsp3) is 0.571. The molecule has 0 bridgehead atoms. The van der Waals surface area contributed by atoms with Gasteiger partial charge in [-0.1, -0.05) is 19.1 Å². The van der Waals surface area contributed by atoms with Crippen LogP contribution in [-0.2, 0) is 4.74 Å². The minimum atomic E-state index is 0.169. The Morgan fingerprint density at radius 3 is 2.65 bits per heavy atom. The Kier molecular flexibility index (Phi) is 4.48. The fourth-order valence-corrected chi connectivity index (χ4v) is 3.20. The number of hydrogen-bond donors (Lipinski definition) is 1. The molecule has 1 heterocycles. The Morgan fingerprint density at radius 1 is 1.41 bits per heavy atom. The molecule has 1 aromatic rings. The van der Waals surface area contributed by atoms with Gasteiger partial charge in [0.1, 0.15) is 0 Å². The zero-order valence-electron chi connectivity index (χ0n) is 10.6. The second kappa shape index (κ2) is 5.89. The quantitative estimate of drug-likeness (QED) is 0.891. The van der Waals surface area contributed by atoms with E-state index < -0.39 is 0 Å².